The van der Waals surface area contributed by atoms with Gasteiger partial charge in [0.15, 0.2) is 5.76 Å². The van der Waals surface area contributed by atoms with Crippen LogP contribution in [0, 0.1) is 6.92 Å². The Balaban J connectivity index is 1.85. The van der Waals surface area contributed by atoms with Crippen molar-refractivity contribution < 1.29 is 19.1 Å². The fourth-order valence-electron chi connectivity index (χ4n) is 2.48. The van der Waals surface area contributed by atoms with Crippen molar-refractivity contribution in [2.45, 2.75) is 6.92 Å². The van der Waals surface area contributed by atoms with E-state index in [9.17, 15) is 9.59 Å². The number of hydrogen-bond acceptors (Lipinski definition) is 3. The van der Waals surface area contributed by atoms with Crippen molar-refractivity contribution in [3.63, 3.8) is 0 Å². The van der Waals surface area contributed by atoms with Crippen LogP contribution in [-0.4, -0.2) is 17.0 Å². The van der Waals surface area contributed by atoms with Crippen LogP contribution in [0.5, 0.6) is 0 Å². The van der Waals surface area contributed by atoms with E-state index in [1.54, 1.807) is 43.3 Å². The van der Waals surface area contributed by atoms with Crippen molar-refractivity contribution in [3.8, 4) is 11.3 Å². The largest absolute Gasteiger partial charge is 0.478 e. The van der Waals surface area contributed by atoms with E-state index in [4.69, 9.17) is 32.7 Å². The third kappa shape index (κ3) is 3.59. The number of benzene rings is 2. The van der Waals surface area contributed by atoms with Crippen molar-refractivity contribution in [2.75, 3.05) is 5.32 Å². The minimum Gasteiger partial charge on any atom is -0.478 e. The first-order valence-electron chi connectivity index (χ1n) is 7.56. The number of carboxylic acid groups (broad SMARTS) is 1. The van der Waals surface area contributed by atoms with E-state index in [-0.39, 0.29) is 11.3 Å². The Morgan fingerprint density at radius 3 is 2.54 bits per heavy atom. The molecule has 0 unspecified atom stereocenters. The molecule has 2 N–H and O–H groups in total. The summed E-state index contributed by atoms with van der Waals surface area (Å²) in [7, 11) is 0. The average Bonchev–Trinajstić information content (AvgIpc) is 3.06. The fourth-order valence-corrected chi connectivity index (χ4v) is 2.98. The quantitative estimate of drug-likeness (QED) is 0.616. The highest BCUT2D eigenvalue weighted by molar-refractivity contribution is 6.36. The number of aromatic carboxylic acids is 1. The molecule has 1 aromatic heterocycles. The van der Waals surface area contributed by atoms with Crippen LogP contribution < -0.4 is 5.32 Å². The molecule has 0 aliphatic carbocycles. The molecule has 0 bridgehead atoms. The number of carbonyl (C=O) groups excluding carboxylic acids is 1. The second-order valence-corrected chi connectivity index (χ2v) is 6.37. The summed E-state index contributed by atoms with van der Waals surface area (Å²) >= 11 is 12.0. The molecule has 0 aliphatic rings. The van der Waals surface area contributed by atoms with Crippen LogP contribution in [0.25, 0.3) is 11.3 Å². The first-order valence-corrected chi connectivity index (χ1v) is 8.32. The molecule has 3 rings (SSSR count). The topological polar surface area (TPSA) is 79.5 Å². The van der Waals surface area contributed by atoms with Crippen LogP contribution in [0.1, 0.15) is 26.5 Å². The summed E-state index contributed by atoms with van der Waals surface area (Å²) in [6.07, 6.45) is 0. The highest BCUT2D eigenvalue weighted by Crippen LogP contribution is 2.31. The molecule has 132 valence electrons. The van der Waals surface area contributed by atoms with E-state index in [1.165, 1.54) is 12.1 Å². The van der Waals surface area contributed by atoms with Gasteiger partial charge in [0.1, 0.15) is 5.76 Å². The van der Waals surface area contributed by atoms with Gasteiger partial charge in [-0.3, -0.25) is 4.79 Å². The molecule has 0 spiro atoms. The first-order chi connectivity index (χ1) is 12.4. The lowest BCUT2D eigenvalue weighted by molar-refractivity contribution is 0.0695. The lowest BCUT2D eigenvalue weighted by Gasteiger charge is -2.09. The Bertz CT molecular complexity index is 1010. The van der Waals surface area contributed by atoms with Gasteiger partial charge in [-0.05, 0) is 55.0 Å². The van der Waals surface area contributed by atoms with Gasteiger partial charge in [-0.2, -0.15) is 0 Å². The number of halogens is 2. The predicted molar refractivity (Wildman–Crippen MR) is 100 cm³/mol. The standard InChI is InChI=1S/C19H13Cl2NO4/c1-10-12(19(24)25)3-2-4-15(10)22-18(23)17-8-7-16(26-17)13-6-5-11(20)9-14(13)21/h2-9H,1H3,(H,22,23)(H,24,25). The molecule has 3 aromatic rings. The van der Waals surface area contributed by atoms with E-state index >= 15 is 0 Å². The summed E-state index contributed by atoms with van der Waals surface area (Å²) in [5.74, 6) is -1.05. The van der Waals surface area contributed by atoms with Gasteiger partial charge in [-0.25, -0.2) is 4.79 Å². The molecular weight excluding hydrogens is 377 g/mol. The number of carboxylic acids is 1. The molecule has 7 heteroatoms. The van der Waals surface area contributed by atoms with Crippen LogP contribution in [0.15, 0.2) is 52.9 Å². The minimum absolute atomic E-state index is 0.0751. The zero-order valence-electron chi connectivity index (χ0n) is 13.5. The highest BCUT2D eigenvalue weighted by Gasteiger charge is 2.17. The SMILES string of the molecule is Cc1c(NC(=O)c2ccc(-c3ccc(Cl)cc3Cl)o2)cccc1C(=O)O. The van der Waals surface area contributed by atoms with Gasteiger partial charge in [0, 0.05) is 16.3 Å². The van der Waals surface area contributed by atoms with Gasteiger partial charge < -0.3 is 14.8 Å². The molecule has 5 nitrogen and oxygen atoms in total. The molecule has 2 aromatic carbocycles. The van der Waals surface area contributed by atoms with Gasteiger partial charge in [-0.15, -0.1) is 0 Å². The Kier molecular flexibility index (Phi) is 5.02. The molecule has 1 amide bonds. The van der Waals surface area contributed by atoms with Gasteiger partial charge >= 0.3 is 5.97 Å². The van der Waals surface area contributed by atoms with Crippen molar-refractivity contribution in [3.05, 3.63) is 75.5 Å². The van der Waals surface area contributed by atoms with Crippen LogP contribution in [0.2, 0.25) is 10.0 Å². The Hall–Kier alpha value is -2.76. The number of nitrogens with one attached hydrogen (secondary N) is 1. The predicted octanol–water partition coefficient (Wildman–Crippen LogP) is 5.51. The maximum absolute atomic E-state index is 12.4. The molecule has 0 atom stereocenters. The zero-order valence-corrected chi connectivity index (χ0v) is 15.1. The molecule has 0 fully saturated rings. The number of anilines is 1. The molecule has 0 saturated carbocycles. The number of amides is 1. The Morgan fingerprint density at radius 1 is 1.08 bits per heavy atom. The smallest absolute Gasteiger partial charge is 0.336 e. The Morgan fingerprint density at radius 2 is 1.85 bits per heavy atom. The number of furan rings is 1. The fraction of sp³-hybridized carbons (Fsp3) is 0.0526. The molecule has 26 heavy (non-hydrogen) atoms. The third-order valence-electron chi connectivity index (χ3n) is 3.84. The van der Waals surface area contributed by atoms with Crippen molar-refractivity contribution >= 4 is 40.8 Å². The summed E-state index contributed by atoms with van der Waals surface area (Å²) < 4.78 is 5.59. The molecule has 0 saturated heterocycles. The average molecular weight is 390 g/mol. The maximum atomic E-state index is 12.4. The van der Waals surface area contributed by atoms with Gasteiger partial charge in [0.2, 0.25) is 0 Å². The van der Waals surface area contributed by atoms with E-state index in [0.717, 1.165) is 0 Å². The number of hydrogen-bond donors (Lipinski definition) is 2. The van der Waals surface area contributed by atoms with Crippen LogP contribution in [0.4, 0.5) is 5.69 Å². The number of rotatable bonds is 4. The summed E-state index contributed by atoms with van der Waals surface area (Å²) in [6, 6.07) is 12.8. The van der Waals surface area contributed by atoms with Crippen LogP contribution >= 0.6 is 23.2 Å². The van der Waals surface area contributed by atoms with Crippen molar-refractivity contribution in [1.82, 2.24) is 0 Å². The van der Waals surface area contributed by atoms with E-state index < -0.39 is 11.9 Å². The maximum Gasteiger partial charge on any atom is 0.336 e. The molecule has 0 radical (unpaired) electrons. The summed E-state index contributed by atoms with van der Waals surface area (Å²) in [4.78, 5) is 23.6. The van der Waals surface area contributed by atoms with Crippen molar-refractivity contribution in [2.24, 2.45) is 0 Å². The summed E-state index contributed by atoms with van der Waals surface area (Å²) in [6.45, 7) is 1.63. The van der Waals surface area contributed by atoms with E-state index in [2.05, 4.69) is 5.32 Å². The van der Waals surface area contributed by atoms with Crippen LogP contribution in [0.3, 0.4) is 0 Å². The van der Waals surface area contributed by atoms with E-state index in [0.29, 0.717) is 32.6 Å². The minimum atomic E-state index is -1.06. The second kappa shape index (κ2) is 7.23. The molecular formula is C19H13Cl2NO4. The van der Waals surface area contributed by atoms with Gasteiger partial charge in [0.05, 0.1) is 10.6 Å². The molecule has 0 aliphatic heterocycles. The number of carbonyl (C=O) groups is 2. The molecule has 1 heterocycles. The summed E-state index contributed by atoms with van der Waals surface area (Å²) in [5, 5.41) is 12.7. The van der Waals surface area contributed by atoms with Crippen molar-refractivity contribution in [1.29, 1.82) is 0 Å². The lowest BCUT2D eigenvalue weighted by Crippen LogP contribution is -2.13. The first kappa shape index (κ1) is 18.0. The normalized spacial score (nSPS) is 10.6. The lowest BCUT2D eigenvalue weighted by atomic mass is 10.1. The zero-order chi connectivity index (χ0) is 18.8. The second-order valence-electron chi connectivity index (χ2n) is 5.53. The van der Waals surface area contributed by atoms with Gasteiger partial charge in [0.25, 0.3) is 5.91 Å². The van der Waals surface area contributed by atoms with E-state index in [1.807, 2.05) is 0 Å². The van der Waals surface area contributed by atoms with Crippen LogP contribution in [-0.2, 0) is 0 Å². The highest BCUT2D eigenvalue weighted by atomic mass is 35.5. The monoisotopic (exact) mass is 389 g/mol. The van der Waals surface area contributed by atoms with Gasteiger partial charge in [-0.1, -0.05) is 29.3 Å². The Labute approximate surface area is 159 Å². The third-order valence-corrected chi connectivity index (χ3v) is 4.39. The summed E-state index contributed by atoms with van der Waals surface area (Å²) in [5.41, 5.74) is 1.59.